The van der Waals surface area contributed by atoms with E-state index in [2.05, 4.69) is 12.1 Å². The molecule has 0 saturated heterocycles. The van der Waals surface area contributed by atoms with Gasteiger partial charge in [0.2, 0.25) is 0 Å². The molecule has 0 spiro atoms. The van der Waals surface area contributed by atoms with Crippen LogP contribution in [0.2, 0.25) is 15.1 Å². The maximum absolute atomic E-state index is 13.7. The Balaban J connectivity index is 1.58. The lowest BCUT2D eigenvalue weighted by atomic mass is 9.99. The molecule has 0 bridgehead atoms. The molecule has 2 aliphatic heterocycles. The molecule has 0 saturated carbocycles. The van der Waals surface area contributed by atoms with Crippen LogP contribution in [0.4, 0.5) is 5.69 Å². The molecule has 2 aliphatic rings. The molecule has 0 unspecified atom stereocenters. The lowest BCUT2D eigenvalue weighted by Crippen LogP contribution is -2.37. The van der Waals surface area contributed by atoms with Crippen molar-refractivity contribution in [3.63, 3.8) is 0 Å². The molecule has 4 nitrogen and oxygen atoms in total. The fourth-order valence-corrected chi connectivity index (χ4v) is 5.57. The lowest BCUT2D eigenvalue weighted by molar-refractivity contribution is -0.121. The van der Waals surface area contributed by atoms with Crippen LogP contribution < -0.4 is 4.90 Å². The van der Waals surface area contributed by atoms with Crippen molar-refractivity contribution in [3.8, 4) is 0 Å². The molecule has 5 rings (SSSR count). The molecule has 0 aliphatic carbocycles. The number of hydrogen-bond donors (Lipinski definition) is 0. The maximum Gasteiger partial charge on any atom is 0.283 e. The molecule has 2 amide bonds. The Morgan fingerprint density at radius 3 is 2.27 bits per heavy atom. The number of imide groups is 1. The minimum absolute atomic E-state index is 0.168. The summed E-state index contributed by atoms with van der Waals surface area (Å²) >= 11 is 19.9. The number of anilines is 1. The summed E-state index contributed by atoms with van der Waals surface area (Å²) in [5.74, 6) is -0.821. The topological polar surface area (TPSA) is 40.6 Å². The highest BCUT2D eigenvalue weighted by molar-refractivity contribution is 8.04. The SMILES string of the molecule is O=C1C(Sc2ccc(Cl)cc2)=C(N2CCc3ccccc3C2)C(=O)N1c1cccc(Cl)c1Cl. The number of benzene rings is 3. The number of thioether (sulfide) groups is 1. The summed E-state index contributed by atoms with van der Waals surface area (Å²) in [5.41, 5.74) is 3.06. The van der Waals surface area contributed by atoms with Crippen molar-refractivity contribution >= 4 is 64.1 Å². The Morgan fingerprint density at radius 1 is 0.788 bits per heavy atom. The van der Waals surface area contributed by atoms with Gasteiger partial charge in [-0.1, -0.05) is 76.9 Å². The average molecular weight is 516 g/mol. The third kappa shape index (κ3) is 4.15. The second-order valence-electron chi connectivity index (χ2n) is 7.69. The molecule has 3 aromatic rings. The molecule has 166 valence electrons. The zero-order valence-corrected chi connectivity index (χ0v) is 20.3. The molecular weight excluding hydrogens is 499 g/mol. The summed E-state index contributed by atoms with van der Waals surface area (Å²) in [6.45, 7) is 1.18. The van der Waals surface area contributed by atoms with E-state index in [1.165, 1.54) is 17.3 Å². The molecule has 2 heterocycles. The van der Waals surface area contributed by atoms with Crippen molar-refractivity contribution in [1.29, 1.82) is 0 Å². The van der Waals surface area contributed by atoms with E-state index in [1.807, 2.05) is 29.2 Å². The quantitative estimate of drug-likeness (QED) is 0.368. The fourth-order valence-electron chi connectivity index (χ4n) is 4.06. The number of fused-ring (bicyclic) bond motifs is 1. The van der Waals surface area contributed by atoms with Gasteiger partial charge in [0, 0.05) is 23.0 Å². The molecule has 8 heteroatoms. The minimum Gasteiger partial charge on any atom is -0.361 e. The van der Waals surface area contributed by atoms with Gasteiger partial charge in [-0.05, 0) is 53.9 Å². The highest BCUT2D eigenvalue weighted by Crippen LogP contribution is 2.43. The van der Waals surface area contributed by atoms with Gasteiger partial charge >= 0.3 is 0 Å². The first-order valence-corrected chi connectivity index (χ1v) is 12.2. The zero-order chi connectivity index (χ0) is 23.1. The van der Waals surface area contributed by atoms with Gasteiger partial charge in [-0.3, -0.25) is 9.59 Å². The summed E-state index contributed by atoms with van der Waals surface area (Å²) in [5, 5.41) is 1.05. The first kappa shape index (κ1) is 22.4. The number of hydrogen-bond acceptors (Lipinski definition) is 4. The summed E-state index contributed by atoms with van der Waals surface area (Å²) < 4.78 is 0. The van der Waals surface area contributed by atoms with Crippen LogP contribution in [0.3, 0.4) is 0 Å². The van der Waals surface area contributed by atoms with Crippen molar-refractivity contribution in [3.05, 3.63) is 104 Å². The Labute approximate surface area is 210 Å². The van der Waals surface area contributed by atoms with Gasteiger partial charge in [0.1, 0.15) is 10.6 Å². The fraction of sp³-hybridized carbons (Fsp3) is 0.120. The summed E-state index contributed by atoms with van der Waals surface area (Å²) in [6, 6.07) is 20.3. The third-order valence-electron chi connectivity index (χ3n) is 5.67. The smallest absolute Gasteiger partial charge is 0.283 e. The molecule has 0 radical (unpaired) electrons. The monoisotopic (exact) mass is 514 g/mol. The number of carbonyl (C=O) groups excluding carboxylic acids is 2. The second-order valence-corrected chi connectivity index (χ2v) is 10.00. The van der Waals surface area contributed by atoms with E-state index < -0.39 is 11.8 Å². The lowest BCUT2D eigenvalue weighted by Gasteiger charge is -2.31. The normalized spacial score (nSPS) is 16.0. The van der Waals surface area contributed by atoms with Crippen LogP contribution in [-0.4, -0.2) is 23.3 Å². The van der Waals surface area contributed by atoms with Crippen molar-refractivity contribution in [2.45, 2.75) is 17.9 Å². The van der Waals surface area contributed by atoms with Crippen LogP contribution in [-0.2, 0) is 22.6 Å². The van der Waals surface area contributed by atoms with Gasteiger partial charge in [-0.25, -0.2) is 4.90 Å². The van der Waals surface area contributed by atoms with Gasteiger partial charge in [0.05, 0.1) is 15.7 Å². The average Bonchev–Trinajstić information content (AvgIpc) is 3.06. The van der Waals surface area contributed by atoms with E-state index in [4.69, 9.17) is 34.8 Å². The van der Waals surface area contributed by atoms with E-state index in [-0.39, 0.29) is 15.7 Å². The molecule has 0 fully saturated rings. The zero-order valence-electron chi connectivity index (χ0n) is 17.2. The number of carbonyl (C=O) groups is 2. The van der Waals surface area contributed by atoms with Crippen LogP contribution in [0, 0.1) is 0 Å². The van der Waals surface area contributed by atoms with Crippen molar-refractivity contribution in [2.24, 2.45) is 0 Å². The van der Waals surface area contributed by atoms with E-state index in [0.717, 1.165) is 21.8 Å². The van der Waals surface area contributed by atoms with Gasteiger partial charge in [0.15, 0.2) is 0 Å². The number of rotatable bonds is 4. The van der Waals surface area contributed by atoms with Crippen LogP contribution in [0.15, 0.2) is 82.2 Å². The summed E-state index contributed by atoms with van der Waals surface area (Å²) in [7, 11) is 0. The van der Waals surface area contributed by atoms with Crippen LogP contribution in [0.25, 0.3) is 0 Å². The van der Waals surface area contributed by atoms with E-state index >= 15 is 0 Å². The van der Waals surface area contributed by atoms with Crippen molar-refractivity contribution in [2.75, 3.05) is 11.4 Å². The number of amides is 2. The van der Waals surface area contributed by atoms with E-state index in [9.17, 15) is 9.59 Å². The molecule has 0 aromatic heterocycles. The Hall–Kier alpha value is -2.44. The van der Waals surface area contributed by atoms with Crippen molar-refractivity contribution < 1.29 is 9.59 Å². The first-order valence-electron chi connectivity index (χ1n) is 10.3. The second kappa shape index (κ2) is 9.07. The standard InChI is InChI=1S/C25H17Cl3N2O2S/c26-17-8-10-18(11-9-17)33-23-22(29-13-12-15-4-1-2-5-16(15)14-29)24(31)30(25(23)32)20-7-3-6-19(27)21(20)28/h1-11H,12-14H2. The Bertz CT molecular complexity index is 1310. The van der Waals surface area contributed by atoms with Gasteiger partial charge in [0.25, 0.3) is 11.8 Å². The molecule has 33 heavy (non-hydrogen) atoms. The maximum atomic E-state index is 13.7. The van der Waals surface area contributed by atoms with Gasteiger partial charge in [-0.15, -0.1) is 0 Å². The Kier molecular flexibility index (Phi) is 6.14. The number of nitrogens with zero attached hydrogens (tertiary/aromatic N) is 2. The van der Waals surface area contributed by atoms with Crippen LogP contribution in [0.5, 0.6) is 0 Å². The predicted molar refractivity (Wildman–Crippen MR) is 134 cm³/mol. The molecule has 0 atom stereocenters. The van der Waals surface area contributed by atoms with E-state index in [1.54, 1.807) is 30.3 Å². The highest BCUT2D eigenvalue weighted by atomic mass is 35.5. The summed E-state index contributed by atoms with van der Waals surface area (Å²) in [4.78, 5) is 31.6. The third-order valence-corrected chi connectivity index (χ3v) is 7.81. The molecule has 3 aromatic carbocycles. The van der Waals surface area contributed by atoms with Gasteiger partial charge in [-0.2, -0.15) is 0 Å². The van der Waals surface area contributed by atoms with Crippen LogP contribution >= 0.6 is 46.6 Å². The minimum atomic E-state index is -0.419. The van der Waals surface area contributed by atoms with Gasteiger partial charge < -0.3 is 4.90 Å². The number of halogens is 3. The van der Waals surface area contributed by atoms with E-state index in [0.29, 0.717) is 28.7 Å². The largest absolute Gasteiger partial charge is 0.361 e. The predicted octanol–water partition coefficient (Wildman–Crippen LogP) is 6.58. The first-order chi connectivity index (χ1) is 15.9. The van der Waals surface area contributed by atoms with Crippen LogP contribution in [0.1, 0.15) is 11.1 Å². The molecule has 0 N–H and O–H groups in total. The summed E-state index contributed by atoms with van der Waals surface area (Å²) in [6.07, 6.45) is 0.790. The Morgan fingerprint density at radius 2 is 1.52 bits per heavy atom. The van der Waals surface area contributed by atoms with Crippen molar-refractivity contribution in [1.82, 2.24) is 4.90 Å². The highest BCUT2D eigenvalue weighted by Gasteiger charge is 2.43. The molecular formula is C25H17Cl3N2O2S.